The number of primary sulfonamides is 1. The zero-order valence-electron chi connectivity index (χ0n) is 10.5. The number of thioether (sulfide) groups is 1. The van der Waals surface area contributed by atoms with Gasteiger partial charge in [0.2, 0.25) is 0 Å². The molecule has 2 aliphatic rings. The maximum Gasteiger partial charge on any atom is 0.257 e. The van der Waals surface area contributed by atoms with Gasteiger partial charge in [0, 0.05) is 24.6 Å². The van der Waals surface area contributed by atoms with Crippen LogP contribution in [0.1, 0.15) is 25.3 Å². The van der Waals surface area contributed by atoms with E-state index in [9.17, 15) is 8.42 Å². The highest BCUT2D eigenvalue weighted by molar-refractivity contribution is 7.99. The average Bonchev–Trinajstić information content (AvgIpc) is 2.98. The van der Waals surface area contributed by atoms with E-state index in [0.717, 1.165) is 30.8 Å². The van der Waals surface area contributed by atoms with Crippen LogP contribution in [0.5, 0.6) is 0 Å². The van der Waals surface area contributed by atoms with Crippen molar-refractivity contribution in [1.29, 1.82) is 0 Å². The van der Waals surface area contributed by atoms with Crippen molar-refractivity contribution < 1.29 is 13.2 Å². The van der Waals surface area contributed by atoms with E-state index >= 15 is 0 Å². The quantitative estimate of drug-likeness (QED) is 0.871. The van der Waals surface area contributed by atoms with E-state index in [0.29, 0.717) is 6.61 Å². The molecule has 2 fully saturated rings. The van der Waals surface area contributed by atoms with Gasteiger partial charge in [-0.2, -0.15) is 11.8 Å². The fourth-order valence-corrected chi connectivity index (χ4v) is 4.62. The molecular weight excluding hydrogens is 286 g/mol. The van der Waals surface area contributed by atoms with Crippen molar-refractivity contribution in [2.24, 2.45) is 5.14 Å². The molecule has 1 aromatic rings. The van der Waals surface area contributed by atoms with Crippen LogP contribution in [0.15, 0.2) is 17.6 Å². The molecule has 1 spiro atoms. The third-order valence-corrected chi connectivity index (χ3v) is 5.84. The van der Waals surface area contributed by atoms with Gasteiger partial charge in [0.05, 0.1) is 11.9 Å². The second-order valence-electron chi connectivity index (χ2n) is 5.18. The van der Waals surface area contributed by atoms with Gasteiger partial charge in [0.1, 0.15) is 0 Å². The van der Waals surface area contributed by atoms with E-state index in [-0.39, 0.29) is 16.7 Å². The minimum Gasteiger partial charge on any atom is -0.374 e. The Morgan fingerprint density at radius 1 is 1.58 bits per heavy atom. The average molecular weight is 303 g/mol. The summed E-state index contributed by atoms with van der Waals surface area (Å²) in [6, 6.07) is 0.246. The summed E-state index contributed by atoms with van der Waals surface area (Å²) in [4.78, 5) is 3.88. The smallest absolute Gasteiger partial charge is 0.257 e. The van der Waals surface area contributed by atoms with Crippen molar-refractivity contribution in [2.75, 3.05) is 18.1 Å². The molecule has 3 rings (SSSR count). The van der Waals surface area contributed by atoms with E-state index in [1.165, 1.54) is 6.20 Å². The molecule has 1 aromatic heterocycles. The fourth-order valence-electron chi connectivity index (χ4n) is 2.78. The first-order chi connectivity index (χ1) is 8.99. The Hall–Kier alpha value is -0.570. The third kappa shape index (κ3) is 2.67. The normalized spacial score (nSPS) is 31.9. The largest absolute Gasteiger partial charge is 0.374 e. The maximum atomic E-state index is 11.3. The Morgan fingerprint density at radius 3 is 3.05 bits per heavy atom. The topological polar surface area (TPSA) is 87.2 Å². The van der Waals surface area contributed by atoms with Crippen LogP contribution in [-0.4, -0.2) is 41.7 Å². The zero-order valence-corrected chi connectivity index (χ0v) is 12.1. The van der Waals surface area contributed by atoms with Crippen LogP contribution in [0.3, 0.4) is 0 Å². The lowest BCUT2D eigenvalue weighted by Gasteiger charge is -2.38. The summed E-state index contributed by atoms with van der Waals surface area (Å²) in [6.45, 7) is 0.716. The van der Waals surface area contributed by atoms with Crippen molar-refractivity contribution in [2.45, 2.75) is 35.9 Å². The Labute approximate surface area is 116 Å². The van der Waals surface area contributed by atoms with Crippen LogP contribution in [-0.2, 0) is 14.8 Å². The van der Waals surface area contributed by atoms with Gasteiger partial charge in [-0.3, -0.25) is 0 Å². The SMILES string of the molecule is NS(=O)(=O)c1cn(C2CCOC3(CCSC3)C2)cn1. The molecule has 2 atom stereocenters. The van der Waals surface area contributed by atoms with E-state index in [4.69, 9.17) is 9.88 Å². The summed E-state index contributed by atoms with van der Waals surface area (Å²) in [5.74, 6) is 2.17. The van der Waals surface area contributed by atoms with E-state index in [2.05, 4.69) is 4.98 Å². The first-order valence-electron chi connectivity index (χ1n) is 6.27. The second kappa shape index (κ2) is 4.76. The molecule has 8 heteroatoms. The van der Waals surface area contributed by atoms with Gasteiger partial charge in [-0.05, 0) is 25.0 Å². The van der Waals surface area contributed by atoms with Crippen LogP contribution in [0, 0.1) is 0 Å². The summed E-state index contributed by atoms with van der Waals surface area (Å²) >= 11 is 1.92. The van der Waals surface area contributed by atoms with Crippen molar-refractivity contribution >= 4 is 21.8 Å². The summed E-state index contributed by atoms with van der Waals surface area (Å²) in [5, 5.41) is 5.02. The number of imidazole rings is 1. The van der Waals surface area contributed by atoms with Crippen LogP contribution < -0.4 is 5.14 Å². The Balaban J connectivity index is 1.80. The van der Waals surface area contributed by atoms with Crippen LogP contribution in [0.4, 0.5) is 0 Å². The fraction of sp³-hybridized carbons (Fsp3) is 0.727. The highest BCUT2D eigenvalue weighted by Gasteiger charge is 2.41. The Bertz CT molecular complexity index is 563. The number of aromatic nitrogens is 2. The maximum absolute atomic E-state index is 11.3. The minimum atomic E-state index is -3.72. The van der Waals surface area contributed by atoms with E-state index in [1.807, 2.05) is 16.3 Å². The number of hydrogen-bond acceptors (Lipinski definition) is 5. The van der Waals surface area contributed by atoms with Crippen molar-refractivity contribution in [1.82, 2.24) is 9.55 Å². The molecule has 2 aliphatic heterocycles. The molecule has 2 saturated heterocycles. The number of rotatable bonds is 2. The van der Waals surface area contributed by atoms with Crippen molar-refractivity contribution in [3.63, 3.8) is 0 Å². The number of ether oxygens (including phenoxy) is 1. The highest BCUT2D eigenvalue weighted by atomic mass is 32.2. The first kappa shape index (κ1) is 13.4. The predicted molar refractivity (Wildman–Crippen MR) is 72.5 cm³/mol. The molecule has 0 radical (unpaired) electrons. The second-order valence-corrected chi connectivity index (χ2v) is 7.80. The number of hydrogen-bond donors (Lipinski definition) is 1. The summed E-state index contributed by atoms with van der Waals surface area (Å²) < 4.78 is 30.3. The van der Waals surface area contributed by atoms with Crippen LogP contribution >= 0.6 is 11.8 Å². The lowest BCUT2D eigenvalue weighted by atomic mass is 9.90. The lowest BCUT2D eigenvalue weighted by molar-refractivity contribution is -0.0762. The lowest BCUT2D eigenvalue weighted by Crippen LogP contribution is -2.40. The molecule has 2 unspecified atom stereocenters. The number of nitrogens with zero attached hydrogens (tertiary/aromatic N) is 2. The van der Waals surface area contributed by atoms with E-state index < -0.39 is 10.0 Å². The number of nitrogens with two attached hydrogens (primary N) is 1. The monoisotopic (exact) mass is 303 g/mol. The molecule has 3 heterocycles. The molecule has 0 amide bonds. The zero-order chi connectivity index (χ0) is 13.5. The van der Waals surface area contributed by atoms with Crippen molar-refractivity contribution in [3.8, 4) is 0 Å². The third-order valence-electron chi connectivity index (χ3n) is 3.83. The van der Waals surface area contributed by atoms with Gasteiger partial charge < -0.3 is 9.30 Å². The Morgan fingerprint density at radius 2 is 2.42 bits per heavy atom. The standard InChI is InChI=1S/C11H17N3O3S2/c12-19(15,16)10-6-14(8-13-10)9-1-3-17-11(5-9)2-4-18-7-11/h6,8-9H,1-5,7H2,(H2,12,15,16). The first-order valence-corrected chi connectivity index (χ1v) is 8.97. The molecule has 6 nitrogen and oxygen atoms in total. The summed E-state index contributed by atoms with van der Waals surface area (Å²) in [5.41, 5.74) is -0.0282. The summed E-state index contributed by atoms with van der Waals surface area (Å²) in [7, 11) is -3.72. The molecular formula is C11H17N3O3S2. The van der Waals surface area contributed by atoms with E-state index in [1.54, 1.807) is 6.33 Å². The molecule has 2 N–H and O–H groups in total. The molecule has 19 heavy (non-hydrogen) atoms. The molecule has 0 aromatic carbocycles. The van der Waals surface area contributed by atoms with Gasteiger partial charge >= 0.3 is 0 Å². The van der Waals surface area contributed by atoms with Crippen LogP contribution in [0.2, 0.25) is 0 Å². The predicted octanol–water partition coefficient (Wildman–Crippen LogP) is 0.758. The van der Waals surface area contributed by atoms with Gasteiger partial charge in [0.15, 0.2) is 5.03 Å². The van der Waals surface area contributed by atoms with Gasteiger partial charge in [-0.1, -0.05) is 0 Å². The molecule has 106 valence electrons. The van der Waals surface area contributed by atoms with Gasteiger partial charge in [-0.25, -0.2) is 18.5 Å². The molecule has 0 saturated carbocycles. The van der Waals surface area contributed by atoms with Crippen LogP contribution in [0.25, 0.3) is 0 Å². The highest BCUT2D eigenvalue weighted by Crippen LogP contribution is 2.41. The number of sulfonamides is 1. The van der Waals surface area contributed by atoms with Gasteiger partial charge in [0.25, 0.3) is 10.0 Å². The molecule has 0 bridgehead atoms. The summed E-state index contributed by atoms with van der Waals surface area (Å²) in [6.07, 6.45) is 5.96. The minimum absolute atomic E-state index is 0.0282. The molecule has 0 aliphatic carbocycles. The van der Waals surface area contributed by atoms with Crippen molar-refractivity contribution in [3.05, 3.63) is 12.5 Å². The van der Waals surface area contributed by atoms with Gasteiger partial charge in [-0.15, -0.1) is 0 Å². The Kier molecular flexibility index (Phi) is 3.36.